The molecule has 0 radical (unpaired) electrons. The molecule has 5 heteroatoms. The number of aryl methyl sites for hydroxylation is 1. The van der Waals surface area contributed by atoms with E-state index in [1.54, 1.807) is 13.0 Å². The molecule has 0 unspecified atom stereocenters. The summed E-state index contributed by atoms with van der Waals surface area (Å²) in [5.41, 5.74) is 1.00. The van der Waals surface area contributed by atoms with Crippen molar-refractivity contribution in [2.45, 2.75) is 13.3 Å². The standard InChI is InChI=1S/C16H14FNO3/c1-11-8-13(10-21-11)16(20)18-14-5-6-15(17)12(9-14)4-2-3-7-19/h5-6,8-10,19H,3,7H2,1H3,(H,18,20). The molecule has 2 N–H and O–H groups in total. The number of rotatable bonds is 3. The first-order valence-electron chi connectivity index (χ1n) is 6.36. The Morgan fingerprint density at radius 1 is 1.43 bits per heavy atom. The van der Waals surface area contributed by atoms with E-state index in [2.05, 4.69) is 17.2 Å². The molecule has 108 valence electrons. The third-order valence-corrected chi connectivity index (χ3v) is 2.68. The lowest BCUT2D eigenvalue weighted by Gasteiger charge is -2.04. The summed E-state index contributed by atoms with van der Waals surface area (Å²) in [5.74, 6) is 5.08. The Balaban J connectivity index is 2.16. The molecule has 0 aliphatic carbocycles. The number of hydrogen-bond acceptors (Lipinski definition) is 3. The van der Waals surface area contributed by atoms with Crippen molar-refractivity contribution in [3.8, 4) is 11.8 Å². The highest BCUT2D eigenvalue weighted by molar-refractivity contribution is 6.04. The minimum absolute atomic E-state index is 0.0785. The normalized spacial score (nSPS) is 9.86. The predicted molar refractivity (Wildman–Crippen MR) is 76.4 cm³/mol. The summed E-state index contributed by atoms with van der Waals surface area (Å²) in [5, 5.41) is 11.3. The van der Waals surface area contributed by atoms with Gasteiger partial charge >= 0.3 is 0 Å². The number of amides is 1. The van der Waals surface area contributed by atoms with Crippen LogP contribution in [0.4, 0.5) is 10.1 Å². The van der Waals surface area contributed by atoms with Crippen LogP contribution in [0.1, 0.15) is 28.1 Å². The molecule has 1 aromatic carbocycles. The third kappa shape index (κ3) is 3.94. The van der Waals surface area contributed by atoms with E-state index in [-0.39, 0.29) is 24.5 Å². The maximum absolute atomic E-state index is 13.6. The molecule has 2 aromatic rings. The van der Waals surface area contributed by atoms with Crippen LogP contribution in [0.3, 0.4) is 0 Å². The van der Waals surface area contributed by atoms with Gasteiger partial charge in [-0.1, -0.05) is 11.8 Å². The molecular weight excluding hydrogens is 273 g/mol. The Morgan fingerprint density at radius 3 is 2.90 bits per heavy atom. The zero-order valence-electron chi connectivity index (χ0n) is 11.4. The fourth-order valence-corrected chi connectivity index (χ4v) is 1.68. The number of benzene rings is 1. The van der Waals surface area contributed by atoms with Crippen LogP contribution in [-0.4, -0.2) is 17.6 Å². The van der Waals surface area contributed by atoms with E-state index in [4.69, 9.17) is 9.52 Å². The van der Waals surface area contributed by atoms with E-state index in [1.807, 2.05) is 0 Å². The number of furan rings is 1. The molecular formula is C16H14FNO3. The van der Waals surface area contributed by atoms with E-state index in [1.165, 1.54) is 24.5 Å². The van der Waals surface area contributed by atoms with Gasteiger partial charge in [-0.05, 0) is 31.2 Å². The molecule has 1 heterocycles. The summed E-state index contributed by atoms with van der Waals surface area (Å²) in [6.07, 6.45) is 1.63. The molecule has 0 bridgehead atoms. The third-order valence-electron chi connectivity index (χ3n) is 2.68. The lowest BCUT2D eigenvalue weighted by Crippen LogP contribution is -2.11. The topological polar surface area (TPSA) is 62.5 Å². The lowest BCUT2D eigenvalue weighted by atomic mass is 10.1. The highest BCUT2D eigenvalue weighted by atomic mass is 19.1. The van der Waals surface area contributed by atoms with Gasteiger partial charge in [-0.3, -0.25) is 4.79 Å². The van der Waals surface area contributed by atoms with E-state index in [9.17, 15) is 9.18 Å². The molecule has 1 aromatic heterocycles. The maximum Gasteiger partial charge on any atom is 0.258 e. The maximum atomic E-state index is 13.6. The van der Waals surface area contributed by atoms with Crippen LogP contribution in [0.5, 0.6) is 0 Å². The first kappa shape index (κ1) is 14.8. The van der Waals surface area contributed by atoms with Crippen molar-refractivity contribution in [2.24, 2.45) is 0 Å². The summed E-state index contributed by atoms with van der Waals surface area (Å²) in [4.78, 5) is 12.0. The fourth-order valence-electron chi connectivity index (χ4n) is 1.68. The van der Waals surface area contributed by atoms with Crippen molar-refractivity contribution in [3.05, 3.63) is 53.2 Å². The molecule has 0 aliphatic rings. The zero-order valence-corrected chi connectivity index (χ0v) is 11.4. The predicted octanol–water partition coefficient (Wildman–Crippen LogP) is 2.71. The summed E-state index contributed by atoms with van der Waals surface area (Å²) < 4.78 is 18.6. The molecule has 21 heavy (non-hydrogen) atoms. The number of nitrogens with one attached hydrogen (secondary N) is 1. The Bertz CT molecular complexity index is 710. The van der Waals surface area contributed by atoms with E-state index in [0.717, 1.165) is 0 Å². The molecule has 0 aliphatic heterocycles. The van der Waals surface area contributed by atoms with Gasteiger partial charge in [0.1, 0.15) is 17.8 Å². The minimum atomic E-state index is -0.474. The SMILES string of the molecule is Cc1cc(C(=O)Nc2ccc(F)c(C#CCCO)c2)co1. The van der Waals surface area contributed by atoms with Gasteiger partial charge in [-0.25, -0.2) is 4.39 Å². The number of aliphatic hydroxyl groups is 1. The monoisotopic (exact) mass is 287 g/mol. The highest BCUT2D eigenvalue weighted by Gasteiger charge is 2.10. The second-order valence-electron chi connectivity index (χ2n) is 4.37. The summed E-state index contributed by atoms with van der Waals surface area (Å²) in [6, 6.07) is 5.75. The van der Waals surface area contributed by atoms with Gasteiger partial charge in [0.15, 0.2) is 0 Å². The average molecular weight is 287 g/mol. The Hall–Kier alpha value is -2.58. The van der Waals surface area contributed by atoms with E-state index >= 15 is 0 Å². The smallest absolute Gasteiger partial charge is 0.258 e. The number of aliphatic hydroxyl groups excluding tert-OH is 1. The van der Waals surface area contributed by atoms with Crippen LogP contribution in [0, 0.1) is 24.6 Å². The summed E-state index contributed by atoms with van der Waals surface area (Å²) in [6.45, 7) is 1.66. The lowest BCUT2D eigenvalue weighted by molar-refractivity contribution is 0.102. The molecule has 0 spiro atoms. The van der Waals surface area contributed by atoms with Gasteiger partial charge in [-0.15, -0.1) is 0 Å². The van der Waals surface area contributed by atoms with Crippen LogP contribution >= 0.6 is 0 Å². The van der Waals surface area contributed by atoms with Gasteiger partial charge < -0.3 is 14.8 Å². The van der Waals surface area contributed by atoms with Crippen LogP contribution in [-0.2, 0) is 0 Å². The van der Waals surface area contributed by atoms with Gasteiger partial charge in [0.25, 0.3) is 5.91 Å². The Kier molecular flexibility index (Phi) is 4.75. The van der Waals surface area contributed by atoms with Crippen molar-refractivity contribution in [3.63, 3.8) is 0 Å². The molecule has 0 saturated heterocycles. The number of carbonyl (C=O) groups is 1. The average Bonchev–Trinajstić information content (AvgIpc) is 2.89. The zero-order chi connectivity index (χ0) is 15.2. The van der Waals surface area contributed by atoms with Crippen molar-refractivity contribution in [1.82, 2.24) is 0 Å². The summed E-state index contributed by atoms with van der Waals surface area (Å²) >= 11 is 0. The van der Waals surface area contributed by atoms with Gasteiger partial charge in [-0.2, -0.15) is 0 Å². The van der Waals surface area contributed by atoms with Crippen LogP contribution in [0.15, 0.2) is 34.9 Å². The summed E-state index contributed by atoms with van der Waals surface area (Å²) in [7, 11) is 0. The Labute approximate surface area is 121 Å². The Morgan fingerprint density at radius 2 is 2.24 bits per heavy atom. The van der Waals surface area contributed by atoms with Crippen molar-refractivity contribution >= 4 is 11.6 Å². The van der Waals surface area contributed by atoms with Gasteiger partial charge in [0, 0.05) is 12.1 Å². The van der Waals surface area contributed by atoms with Crippen LogP contribution < -0.4 is 5.32 Å². The second kappa shape index (κ2) is 6.73. The molecule has 0 fully saturated rings. The van der Waals surface area contributed by atoms with Crippen LogP contribution in [0.2, 0.25) is 0 Å². The largest absolute Gasteiger partial charge is 0.469 e. The van der Waals surface area contributed by atoms with Crippen molar-refractivity contribution in [2.75, 3.05) is 11.9 Å². The number of halogens is 1. The first-order chi connectivity index (χ1) is 10.1. The molecule has 4 nitrogen and oxygen atoms in total. The second-order valence-corrected chi connectivity index (χ2v) is 4.37. The highest BCUT2D eigenvalue weighted by Crippen LogP contribution is 2.16. The van der Waals surface area contributed by atoms with Gasteiger partial charge in [0.05, 0.1) is 17.7 Å². The van der Waals surface area contributed by atoms with E-state index < -0.39 is 5.82 Å². The fraction of sp³-hybridized carbons (Fsp3) is 0.188. The van der Waals surface area contributed by atoms with E-state index in [0.29, 0.717) is 17.0 Å². The van der Waals surface area contributed by atoms with Crippen LogP contribution in [0.25, 0.3) is 0 Å². The minimum Gasteiger partial charge on any atom is -0.469 e. The van der Waals surface area contributed by atoms with Gasteiger partial charge in [0.2, 0.25) is 0 Å². The number of anilines is 1. The van der Waals surface area contributed by atoms with Crippen molar-refractivity contribution < 1.29 is 18.7 Å². The first-order valence-corrected chi connectivity index (χ1v) is 6.36. The number of hydrogen-bond donors (Lipinski definition) is 2. The molecule has 0 saturated carbocycles. The molecule has 0 atom stereocenters. The van der Waals surface area contributed by atoms with Crippen molar-refractivity contribution in [1.29, 1.82) is 0 Å². The molecule has 1 amide bonds. The molecule has 2 rings (SSSR count). The number of carbonyl (C=O) groups excluding carboxylic acids is 1. The quantitative estimate of drug-likeness (QED) is 0.853.